The molecule has 3 aliphatic heterocycles. The van der Waals surface area contributed by atoms with E-state index in [1.54, 1.807) is 11.3 Å². The van der Waals surface area contributed by atoms with E-state index in [0.29, 0.717) is 66.1 Å². The largest absolute Gasteiger partial charge is 0.461 e. The number of piperazine rings is 1. The number of fused-ring (bicyclic) bond motifs is 4. The van der Waals surface area contributed by atoms with Crippen LogP contribution in [0.4, 0.5) is 16.6 Å². The number of anilines is 3. The molecule has 2 aromatic heterocycles. The summed E-state index contributed by atoms with van der Waals surface area (Å²) in [5, 5.41) is 24.3. The molecule has 1 spiro atoms. The quantitative estimate of drug-likeness (QED) is 0.574. The van der Waals surface area contributed by atoms with Gasteiger partial charge in [-0.05, 0) is 51.8 Å². The van der Waals surface area contributed by atoms with Gasteiger partial charge in [0.05, 0.1) is 17.6 Å². The number of nitrogens with two attached hydrogens (primary N) is 1. The Balaban J connectivity index is 1.23. The molecule has 2 aliphatic carbocycles. The van der Waals surface area contributed by atoms with E-state index in [4.69, 9.17) is 20.4 Å². The normalized spacial score (nSPS) is 23.4. The van der Waals surface area contributed by atoms with Crippen LogP contribution in [-0.2, 0) is 11.8 Å². The number of aryl methyl sites for hydroxylation is 1. The van der Waals surface area contributed by atoms with E-state index in [2.05, 4.69) is 52.3 Å². The monoisotopic (exact) mass is 529 g/mol. The smallest absolute Gasteiger partial charge is 0.320 e. The molecular weight excluding hydrogens is 498 g/mol. The first-order valence-electron chi connectivity index (χ1n) is 13.2. The molecule has 1 atom stereocenters. The van der Waals surface area contributed by atoms with Crippen molar-refractivity contribution in [2.45, 2.75) is 49.1 Å². The van der Waals surface area contributed by atoms with Crippen LogP contribution in [0.2, 0.25) is 0 Å². The predicted molar refractivity (Wildman–Crippen MR) is 145 cm³/mol. The van der Waals surface area contributed by atoms with Gasteiger partial charge in [-0.2, -0.15) is 20.5 Å². The number of hydrogen-bond donors (Lipinski definition) is 2. The summed E-state index contributed by atoms with van der Waals surface area (Å²) in [7, 11) is 4.16. The van der Waals surface area contributed by atoms with Crippen LogP contribution >= 0.6 is 11.3 Å². The van der Waals surface area contributed by atoms with Crippen molar-refractivity contribution in [1.29, 1.82) is 10.5 Å². The molecule has 5 heterocycles. The Kier molecular flexibility index (Phi) is 5.10. The highest BCUT2D eigenvalue weighted by Crippen LogP contribution is 2.53. The molecule has 3 fully saturated rings. The average molecular weight is 530 g/mol. The summed E-state index contributed by atoms with van der Waals surface area (Å²) in [5.74, 6) is 1.27. The van der Waals surface area contributed by atoms with Gasteiger partial charge in [0.2, 0.25) is 0 Å². The lowest BCUT2D eigenvalue weighted by molar-refractivity contribution is 0.158. The van der Waals surface area contributed by atoms with Crippen molar-refractivity contribution in [3.05, 3.63) is 33.3 Å². The van der Waals surface area contributed by atoms with E-state index < -0.39 is 0 Å². The Bertz CT molecular complexity index is 1440. The predicted octanol–water partition coefficient (Wildman–Crippen LogP) is 2.11. The molecule has 2 aromatic rings. The number of ether oxygens (including phenoxy) is 1. The number of likely N-dealkylation sites (N-methyl/N-ethyl adjacent to an activating group) is 1. The van der Waals surface area contributed by atoms with Crippen LogP contribution in [0.3, 0.4) is 0 Å². The number of nitriles is 2. The first kappa shape index (κ1) is 23.6. The summed E-state index contributed by atoms with van der Waals surface area (Å²) in [6.07, 6.45) is 7.33. The second-order valence-corrected chi connectivity index (χ2v) is 12.8. The van der Waals surface area contributed by atoms with Gasteiger partial charge in [-0.15, -0.1) is 11.3 Å². The molecule has 7 rings (SSSR count). The number of aromatic nitrogens is 2. The zero-order chi connectivity index (χ0) is 26.2. The zero-order valence-electron chi connectivity index (χ0n) is 21.8. The van der Waals surface area contributed by atoms with Crippen LogP contribution in [0.5, 0.6) is 6.01 Å². The number of rotatable bonds is 6. The summed E-state index contributed by atoms with van der Waals surface area (Å²) >= 11 is 1.55. The van der Waals surface area contributed by atoms with E-state index in [1.807, 2.05) is 0 Å². The fraction of sp³-hybridized carbons (Fsp3) is 0.556. The third-order valence-electron chi connectivity index (χ3n) is 9.12. The number of thiophene rings is 1. The average Bonchev–Trinajstić information content (AvgIpc) is 3.36. The molecular formula is C27H31N9OS. The van der Waals surface area contributed by atoms with Gasteiger partial charge in [-0.25, -0.2) is 0 Å². The highest BCUT2D eigenvalue weighted by Gasteiger charge is 2.52. The minimum atomic E-state index is -0.116. The minimum absolute atomic E-state index is 0.0319. The Morgan fingerprint density at radius 3 is 2.55 bits per heavy atom. The Labute approximate surface area is 226 Å². The molecule has 0 radical (unpaired) electrons. The van der Waals surface area contributed by atoms with Crippen LogP contribution in [0.25, 0.3) is 0 Å². The van der Waals surface area contributed by atoms with Crippen LogP contribution < -0.4 is 25.6 Å². The van der Waals surface area contributed by atoms with Crippen molar-refractivity contribution in [2.24, 2.45) is 0 Å². The summed E-state index contributed by atoms with van der Waals surface area (Å²) in [5.41, 5.74) is 9.53. The lowest BCUT2D eigenvalue weighted by Crippen LogP contribution is -2.59. The molecule has 5 aliphatic rings. The lowest BCUT2D eigenvalue weighted by Gasteiger charge is -2.49. The van der Waals surface area contributed by atoms with Crippen LogP contribution in [0, 0.1) is 22.7 Å². The van der Waals surface area contributed by atoms with E-state index >= 15 is 0 Å². The maximum atomic E-state index is 10.4. The van der Waals surface area contributed by atoms with Crippen LogP contribution in [-0.4, -0.2) is 73.3 Å². The van der Waals surface area contributed by atoms with Crippen molar-refractivity contribution in [1.82, 2.24) is 20.2 Å². The van der Waals surface area contributed by atoms with Crippen LogP contribution in [0.1, 0.15) is 47.3 Å². The summed E-state index contributed by atoms with van der Waals surface area (Å²) < 4.78 is 6.25. The van der Waals surface area contributed by atoms with E-state index in [9.17, 15) is 10.5 Å². The summed E-state index contributed by atoms with van der Waals surface area (Å²) in [6, 6.07) is 5.43. The second-order valence-electron chi connectivity index (χ2n) is 11.6. The van der Waals surface area contributed by atoms with Gasteiger partial charge in [0.25, 0.3) is 0 Å². The third kappa shape index (κ3) is 3.45. The van der Waals surface area contributed by atoms with E-state index in [1.165, 1.54) is 10.6 Å². The van der Waals surface area contributed by atoms with E-state index in [0.717, 1.165) is 44.2 Å². The number of nitrogens with zero attached hydrogens (tertiary/aromatic N) is 7. The van der Waals surface area contributed by atoms with Gasteiger partial charge in [-0.3, -0.25) is 0 Å². The van der Waals surface area contributed by atoms with Crippen molar-refractivity contribution >= 4 is 28.0 Å². The van der Waals surface area contributed by atoms with Crippen molar-refractivity contribution < 1.29 is 4.74 Å². The van der Waals surface area contributed by atoms with Crippen molar-refractivity contribution in [3.63, 3.8) is 0 Å². The lowest BCUT2D eigenvalue weighted by atomic mass is 9.74. The molecule has 2 bridgehead atoms. The SMILES string of the molecule is CN(C)C1(COc2nc(N3CC4=CCC(C3)N4)c(C#N)c(N3CC4(CCc5sc(N)c(C#N)c54)C3)n2)CC1. The Morgan fingerprint density at radius 1 is 1.16 bits per heavy atom. The zero-order valence-corrected chi connectivity index (χ0v) is 22.6. The number of hydrogen-bond acceptors (Lipinski definition) is 11. The molecule has 0 amide bonds. The third-order valence-corrected chi connectivity index (χ3v) is 10.2. The second kappa shape index (κ2) is 8.23. The van der Waals surface area contributed by atoms with Gasteiger partial charge < -0.3 is 30.5 Å². The standard InChI is InChI=1S/C27H31N9OS/c1-34(2)27(7-8-27)15-37-25-32-23(35-11-16-3-4-17(12-35)31-16)19(10-29)24(33-25)36-13-26(14-36)6-5-20-21(26)18(9-28)22(30)38-20/h3,17,31H,4-8,11-15,30H2,1-2H3. The number of nitrogens with one attached hydrogen (secondary N) is 1. The maximum absolute atomic E-state index is 10.4. The highest BCUT2D eigenvalue weighted by atomic mass is 32.1. The topological polar surface area (TPSA) is 130 Å². The summed E-state index contributed by atoms with van der Waals surface area (Å²) in [4.78, 5) is 17.5. The molecule has 1 saturated carbocycles. The molecule has 0 aromatic carbocycles. The van der Waals surface area contributed by atoms with Gasteiger partial charge in [0, 0.05) is 41.7 Å². The molecule has 3 N–H and O–H groups in total. The summed E-state index contributed by atoms with van der Waals surface area (Å²) in [6.45, 7) is 3.39. The molecule has 11 heteroatoms. The van der Waals surface area contributed by atoms with Gasteiger partial charge in [0.15, 0.2) is 11.6 Å². The first-order valence-corrected chi connectivity index (χ1v) is 14.1. The fourth-order valence-electron chi connectivity index (χ4n) is 6.67. The van der Waals surface area contributed by atoms with Gasteiger partial charge in [-0.1, -0.05) is 6.08 Å². The number of nitrogen functional groups attached to an aromatic ring is 1. The van der Waals surface area contributed by atoms with Gasteiger partial charge >= 0.3 is 6.01 Å². The van der Waals surface area contributed by atoms with Gasteiger partial charge in [0.1, 0.15) is 29.3 Å². The van der Waals surface area contributed by atoms with Crippen molar-refractivity contribution in [2.75, 3.05) is 62.4 Å². The molecule has 2 saturated heterocycles. The Morgan fingerprint density at radius 2 is 1.89 bits per heavy atom. The molecule has 1 unspecified atom stereocenters. The fourth-order valence-corrected chi connectivity index (χ4v) is 7.81. The van der Waals surface area contributed by atoms with Crippen LogP contribution in [0.15, 0.2) is 11.8 Å². The van der Waals surface area contributed by atoms with E-state index in [-0.39, 0.29) is 11.0 Å². The molecule has 196 valence electrons. The molecule has 38 heavy (non-hydrogen) atoms. The van der Waals surface area contributed by atoms with Crippen molar-refractivity contribution in [3.8, 4) is 18.1 Å². The first-order chi connectivity index (χ1) is 18.3. The highest BCUT2D eigenvalue weighted by molar-refractivity contribution is 7.16. The minimum Gasteiger partial charge on any atom is -0.461 e. The Hall–Kier alpha value is -3.54. The molecule has 10 nitrogen and oxygen atoms in total. The maximum Gasteiger partial charge on any atom is 0.320 e.